The Balaban J connectivity index is 1.74. The van der Waals surface area contributed by atoms with Gasteiger partial charge in [0.05, 0.1) is 0 Å². The van der Waals surface area contributed by atoms with E-state index in [0.717, 1.165) is 16.0 Å². The fourth-order valence-electron chi connectivity index (χ4n) is 2.08. The van der Waals surface area contributed by atoms with Gasteiger partial charge < -0.3 is 4.42 Å². The minimum absolute atomic E-state index is 0.0837. The third-order valence-electron chi connectivity index (χ3n) is 3.26. The lowest BCUT2D eigenvalue weighted by atomic mass is 10.1. The van der Waals surface area contributed by atoms with E-state index in [1.807, 2.05) is 49.6 Å². The summed E-state index contributed by atoms with van der Waals surface area (Å²) >= 11 is 1.62. The number of aromatic nitrogens is 2. The molecule has 1 amide bonds. The molecule has 0 atom stereocenters. The Bertz CT molecular complexity index is 828. The summed E-state index contributed by atoms with van der Waals surface area (Å²) in [6.07, 6.45) is 1.99. The third-order valence-corrected chi connectivity index (χ3v) is 4.01. The molecule has 2 aromatic carbocycles. The first kappa shape index (κ1) is 15.3. The molecule has 6 heteroatoms. The monoisotopic (exact) mass is 325 g/mol. The first-order valence-electron chi connectivity index (χ1n) is 7.01. The van der Waals surface area contributed by atoms with Crippen LogP contribution in [0.15, 0.2) is 57.8 Å². The van der Waals surface area contributed by atoms with Gasteiger partial charge >= 0.3 is 6.01 Å². The predicted octanol–water partition coefficient (Wildman–Crippen LogP) is 4.02. The van der Waals surface area contributed by atoms with Crippen molar-refractivity contribution < 1.29 is 9.21 Å². The Morgan fingerprint density at radius 2 is 1.91 bits per heavy atom. The van der Waals surface area contributed by atoms with E-state index in [9.17, 15) is 4.79 Å². The summed E-state index contributed by atoms with van der Waals surface area (Å²) in [7, 11) is 0. The molecule has 0 saturated carbocycles. The first-order chi connectivity index (χ1) is 11.2. The van der Waals surface area contributed by atoms with Crippen molar-refractivity contribution in [2.24, 2.45) is 0 Å². The first-order valence-corrected chi connectivity index (χ1v) is 8.24. The fourth-order valence-corrected chi connectivity index (χ4v) is 2.49. The highest BCUT2D eigenvalue weighted by Gasteiger charge is 2.12. The lowest BCUT2D eigenvalue weighted by Gasteiger charge is -2.01. The molecular formula is C17H15N3O2S. The normalized spacial score (nSPS) is 10.5. The van der Waals surface area contributed by atoms with Gasteiger partial charge in [-0.25, -0.2) is 0 Å². The summed E-state index contributed by atoms with van der Waals surface area (Å²) < 4.78 is 5.50. The number of hydrogen-bond donors (Lipinski definition) is 1. The number of amides is 1. The molecular weight excluding hydrogens is 310 g/mol. The number of thioether (sulfide) groups is 1. The van der Waals surface area contributed by atoms with Crippen LogP contribution in [0.5, 0.6) is 0 Å². The standard InChI is InChI=1S/C17H15N3O2S/c1-11-4-3-5-13(10-11)16-19-20-17(22-16)18-15(21)12-6-8-14(23-2)9-7-12/h3-10H,1-2H3,(H,18,20,21). The molecule has 116 valence electrons. The minimum atomic E-state index is -0.280. The molecule has 1 aromatic heterocycles. The van der Waals surface area contributed by atoms with Crippen LogP contribution in [0.3, 0.4) is 0 Å². The van der Waals surface area contributed by atoms with Gasteiger partial charge in [-0.2, -0.15) is 0 Å². The average molecular weight is 325 g/mol. The zero-order valence-corrected chi connectivity index (χ0v) is 13.6. The van der Waals surface area contributed by atoms with Crippen molar-refractivity contribution in [3.8, 4) is 11.5 Å². The summed E-state index contributed by atoms with van der Waals surface area (Å²) in [5.41, 5.74) is 2.46. The molecule has 1 heterocycles. The number of carbonyl (C=O) groups excluding carboxylic acids is 1. The van der Waals surface area contributed by atoms with Gasteiger partial charge in [0.2, 0.25) is 5.89 Å². The van der Waals surface area contributed by atoms with E-state index >= 15 is 0 Å². The summed E-state index contributed by atoms with van der Waals surface area (Å²) in [5.74, 6) is 0.0961. The molecule has 3 aromatic rings. The SMILES string of the molecule is CSc1ccc(C(=O)Nc2nnc(-c3cccc(C)c3)o2)cc1. The van der Waals surface area contributed by atoms with Crippen LogP contribution in [0.4, 0.5) is 6.01 Å². The molecule has 0 aliphatic carbocycles. The van der Waals surface area contributed by atoms with Crippen molar-refractivity contribution in [1.82, 2.24) is 10.2 Å². The molecule has 0 fully saturated rings. The maximum absolute atomic E-state index is 12.2. The number of rotatable bonds is 4. The zero-order chi connectivity index (χ0) is 16.2. The van der Waals surface area contributed by atoms with Crippen LogP contribution in [0.2, 0.25) is 0 Å². The van der Waals surface area contributed by atoms with Gasteiger partial charge in [0.15, 0.2) is 0 Å². The van der Waals surface area contributed by atoms with Crippen molar-refractivity contribution >= 4 is 23.7 Å². The van der Waals surface area contributed by atoms with Crippen LogP contribution in [-0.4, -0.2) is 22.4 Å². The van der Waals surface area contributed by atoms with Crippen LogP contribution in [-0.2, 0) is 0 Å². The Kier molecular flexibility index (Phi) is 4.43. The maximum atomic E-state index is 12.2. The molecule has 1 N–H and O–H groups in total. The number of aryl methyl sites for hydroxylation is 1. The topological polar surface area (TPSA) is 68.0 Å². The number of carbonyl (C=O) groups is 1. The van der Waals surface area contributed by atoms with E-state index in [1.54, 1.807) is 23.9 Å². The van der Waals surface area contributed by atoms with E-state index < -0.39 is 0 Å². The van der Waals surface area contributed by atoms with Gasteiger partial charge in [0.25, 0.3) is 5.91 Å². The molecule has 0 aliphatic rings. The number of anilines is 1. The van der Waals surface area contributed by atoms with E-state index in [-0.39, 0.29) is 11.9 Å². The Morgan fingerprint density at radius 3 is 2.61 bits per heavy atom. The molecule has 3 rings (SSSR count). The Labute approximate surface area is 138 Å². The van der Waals surface area contributed by atoms with Gasteiger partial charge in [0, 0.05) is 16.0 Å². The highest BCUT2D eigenvalue weighted by Crippen LogP contribution is 2.21. The summed E-state index contributed by atoms with van der Waals surface area (Å²) in [5, 5.41) is 10.5. The van der Waals surface area contributed by atoms with Gasteiger partial charge in [-0.3, -0.25) is 10.1 Å². The van der Waals surface area contributed by atoms with E-state index in [4.69, 9.17) is 4.42 Å². The molecule has 5 nitrogen and oxygen atoms in total. The predicted molar refractivity (Wildman–Crippen MR) is 90.6 cm³/mol. The molecule has 0 unspecified atom stereocenters. The summed E-state index contributed by atoms with van der Waals surface area (Å²) in [6.45, 7) is 1.99. The van der Waals surface area contributed by atoms with Crippen molar-refractivity contribution in [3.63, 3.8) is 0 Å². The molecule has 0 aliphatic heterocycles. The van der Waals surface area contributed by atoms with Crippen LogP contribution < -0.4 is 5.32 Å². The Hall–Kier alpha value is -2.60. The zero-order valence-electron chi connectivity index (χ0n) is 12.7. The van der Waals surface area contributed by atoms with Crippen molar-refractivity contribution in [2.45, 2.75) is 11.8 Å². The van der Waals surface area contributed by atoms with E-state index in [0.29, 0.717) is 11.5 Å². The van der Waals surface area contributed by atoms with Crippen LogP contribution in [0.1, 0.15) is 15.9 Å². The second-order valence-electron chi connectivity index (χ2n) is 4.96. The van der Waals surface area contributed by atoms with Gasteiger partial charge in [-0.05, 0) is 49.6 Å². The van der Waals surface area contributed by atoms with E-state index in [1.165, 1.54) is 0 Å². The molecule has 23 heavy (non-hydrogen) atoms. The maximum Gasteiger partial charge on any atom is 0.322 e. The van der Waals surface area contributed by atoms with Gasteiger partial charge in [-0.1, -0.05) is 22.8 Å². The van der Waals surface area contributed by atoms with Crippen LogP contribution >= 0.6 is 11.8 Å². The number of benzene rings is 2. The van der Waals surface area contributed by atoms with Crippen molar-refractivity contribution in [1.29, 1.82) is 0 Å². The lowest BCUT2D eigenvalue weighted by molar-refractivity contribution is 0.102. The van der Waals surface area contributed by atoms with Crippen LogP contribution in [0, 0.1) is 6.92 Å². The van der Waals surface area contributed by atoms with Crippen LogP contribution in [0.25, 0.3) is 11.5 Å². The highest BCUT2D eigenvalue weighted by atomic mass is 32.2. The van der Waals surface area contributed by atoms with E-state index in [2.05, 4.69) is 15.5 Å². The summed E-state index contributed by atoms with van der Waals surface area (Å²) in [6, 6.07) is 15.1. The molecule has 0 spiro atoms. The lowest BCUT2D eigenvalue weighted by Crippen LogP contribution is -2.11. The minimum Gasteiger partial charge on any atom is -0.403 e. The second-order valence-corrected chi connectivity index (χ2v) is 5.84. The number of hydrogen-bond acceptors (Lipinski definition) is 5. The smallest absolute Gasteiger partial charge is 0.322 e. The van der Waals surface area contributed by atoms with Crippen molar-refractivity contribution in [3.05, 3.63) is 59.7 Å². The molecule has 0 saturated heterocycles. The quantitative estimate of drug-likeness (QED) is 0.734. The Morgan fingerprint density at radius 1 is 1.13 bits per heavy atom. The summed E-state index contributed by atoms with van der Waals surface area (Å²) in [4.78, 5) is 13.3. The average Bonchev–Trinajstić information content (AvgIpc) is 3.03. The number of nitrogens with zero attached hydrogens (tertiary/aromatic N) is 2. The largest absolute Gasteiger partial charge is 0.403 e. The molecule has 0 bridgehead atoms. The van der Waals surface area contributed by atoms with Gasteiger partial charge in [-0.15, -0.1) is 16.9 Å². The highest BCUT2D eigenvalue weighted by molar-refractivity contribution is 7.98. The van der Waals surface area contributed by atoms with Gasteiger partial charge in [0.1, 0.15) is 0 Å². The van der Waals surface area contributed by atoms with Crippen molar-refractivity contribution in [2.75, 3.05) is 11.6 Å². The fraction of sp³-hybridized carbons (Fsp3) is 0.118. The second kappa shape index (κ2) is 6.66. The molecule has 0 radical (unpaired) electrons. The number of nitrogens with one attached hydrogen (secondary N) is 1. The third kappa shape index (κ3) is 3.60.